The molecule has 2 atom stereocenters. The summed E-state index contributed by atoms with van der Waals surface area (Å²) in [7, 11) is 1.77. The van der Waals surface area contributed by atoms with Gasteiger partial charge in [0.15, 0.2) is 0 Å². The number of aromatic hydroxyl groups is 2. The van der Waals surface area contributed by atoms with E-state index in [2.05, 4.69) is 0 Å². The van der Waals surface area contributed by atoms with Crippen molar-refractivity contribution in [1.82, 2.24) is 4.90 Å². The molecule has 4 N–H and O–H groups in total. The summed E-state index contributed by atoms with van der Waals surface area (Å²) in [6, 6.07) is 4.09. The van der Waals surface area contributed by atoms with Crippen LogP contribution in [0.15, 0.2) is 18.2 Å². The Hall–Kier alpha value is -1.75. The number of hydrogen-bond donors (Lipinski definition) is 3. The molecule has 1 aliphatic rings. The van der Waals surface area contributed by atoms with Crippen LogP contribution in [-0.4, -0.2) is 40.7 Å². The summed E-state index contributed by atoms with van der Waals surface area (Å²) in [5, 5.41) is 19.0. The number of carbonyl (C=O) groups excluding carboxylic acids is 1. The standard InChI is InChI=1S/C15H22N2O3/c1-17(14-5-3-2-4-10(14)9-16)15(20)11-6-12(18)8-13(19)7-11/h6-8,10,14,18-19H,2-5,9,16H2,1H3. The van der Waals surface area contributed by atoms with Crippen LogP contribution >= 0.6 is 0 Å². The van der Waals surface area contributed by atoms with Crippen LogP contribution < -0.4 is 5.73 Å². The minimum absolute atomic E-state index is 0.110. The number of rotatable bonds is 3. The van der Waals surface area contributed by atoms with Crippen molar-refractivity contribution in [3.63, 3.8) is 0 Å². The Morgan fingerprint density at radius 3 is 2.45 bits per heavy atom. The third kappa shape index (κ3) is 3.04. The molecule has 0 spiro atoms. The predicted molar refractivity (Wildman–Crippen MR) is 76.7 cm³/mol. The van der Waals surface area contributed by atoms with E-state index in [1.165, 1.54) is 18.2 Å². The average molecular weight is 278 g/mol. The Balaban J connectivity index is 2.18. The summed E-state index contributed by atoms with van der Waals surface area (Å²) in [4.78, 5) is 14.2. The summed E-state index contributed by atoms with van der Waals surface area (Å²) in [6.45, 7) is 0.577. The maximum atomic E-state index is 12.5. The minimum atomic E-state index is -0.193. The van der Waals surface area contributed by atoms with Gasteiger partial charge >= 0.3 is 0 Å². The van der Waals surface area contributed by atoms with Gasteiger partial charge in [-0.2, -0.15) is 0 Å². The first-order chi connectivity index (χ1) is 9.52. The summed E-state index contributed by atoms with van der Waals surface area (Å²) in [5.74, 6) is -0.0910. The molecule has 1 saturated carbocycles. The monoisotopic (exact) mass is 278 g/mol. The van der Waals surface area contributed by atoms with Gasteiger partial charge in [0, 0.05) is 24.7 Å². The lowest BCUT2D eigenvalue weighted by atomic mass is 9.83. The van der Waals surface area contributed by atoms with Crippen molar-refractivity contribution in [2.45, 2.75) is 31.7 Å². The maximum Gasteiger partial charge on any atom is 0.254 e. The molecule has 2 unspecified atom stereocenters. The number of hydrogen-bond acceptors (Lipinski definition) is 4. The van der Waals surface area contributed by atoms with Crippen LogP contribution in [0.3, 0.4) is 0 Å². The lowest BCUT2D eigenvalue weighted by Gasteiger charge is -2.37. The molecule has 0 saturated heterocycles. The Labute approximate surface area is 119 Å². The van der Waals surface area contributed by atoms with Gasteiger partial charge in [0.05, 0.1) is 0 Å². The molecule has 0 bridgehead atoms. The van der Waals surface area contributed by atoms with Gasteiger partial charge in [-0.1, -0.05) is 12.8 Å². The van der Waals surface area contributed by atoms with Crippen LogP contribution in [0.1, 0.15) is 36.0 Å². The number of phenols is 2. The van der Waals surface area contributed by atoms with E-state index in [1.54, 1.807) is 11.9 Å². The van der Waals surface area contributed by atoms with Gasteiger partial charge in [-0.15, -0.1) is 0 Å². The fourth-order valence-corrected chi connectivity index (χ4v) is 3.05. The second kappa shape index (κ2) is 6.13. The molecular weight excluding hydrogens is 256 g/mol. The summed E-state index contributed by atoms with van der Waals surface area (Å²) in [5.41, 5.74) is 6.10. The first-order valence-corrected chi connectivity index (χ1v) is 7.03. The zero-order valence-corrected chi connectivity index (χ0v) is 11.7. The Morgan fingerprint density at radius 2 is 1.85 bits per heavy atom. The number of nitrogens with two attached hydrogens (primary N) is 1. The Morgan fingerprint density at radius 1 is 1.25 bits per heavy atom. The van der Waals surface area contributed by atoms with Crippen LogP contribution in [0, 0.1) is 5.92 Å². The molecule has 110 valence electrons. The number of nitrogens with zero attached hydrogens (tertiary/aromatic N) is 1. The SMILES string of the molecule is CN(C(=O)c1cc(O)cc(O)c1)C1CCCCC1CN. The highest BCUT2D eigenvalue weighted by Crippen LogP contribution is 2.29. The zero-order valence-electron chi connectivity index (χ0n) is 11.7. The molecular formula is C15H22N2O3. The molecule has 5 heteroatoms. The topological polar surface area (TPSA) is 86.8 Å². The smallest absolute Gasteiger partial charge is 0.254 e. The highest BCUT2D eigenvalue weighted by atomic mass is 16.3. The fraction of sp³-hybridized carbons (Fsp3) is 0.533. The lowest BCUT2D eigenvalue weighted by molar-refractivity contribution is 0.0619. The van der Waals surface area contributed by atoms with Crippen molar-refractivity contribution in [1.29, 1.82) is 0 Å². The second-order valence-corrected chi connectivity index (χ2v) is 5.50. The molecule has 1 aromatic carbocycles. The summed E-state index contributed by atoms with van der Waals surface area (Å²) >= 11 is 0. The molecule has 1 amide bonds. The molecule has 0 radical (unpaired) electrons. The Bertz CT molecular complexity index is 470. The van der Waals surface area contributed by atoms with Gasteiger partial charge in [0.1, 0.15) is 11.5 Å². The van der Waals surface area contributed by atoms with Gasteiger partial charge in [0.25, 0.3) is 5.91 Å². The molecule has 1 aromatic rings. The largest absolute Gasteiger partial charge is 0.508 e. The van der Waals surface area contributed by atoms with E-state index in [0.717, 1.165) is 25.7 Å². The van der Waals surface area contributed by atoms with E-state index in [0.29, 0.717) is 18.0 Å². The van der Waals surface area contributed by atoms with Crippen LogP contribution in [0.2, 0.25) is 0 Å². The van der Waals surface area contributed by atoms with Crippen LogP contribution in [0.4, 0.5) is 0 Å². The number of benzene rings is 1. The van der Waals surface area contributed by atoms with E-state index in [9.17, 15) is 15.0 Å². The zero-order chi connectivity index (χ0) is 14.7. The van der Waals surface area contributed by atoms with Crippen LogP contribution in [0.25, 0.3) is 0 Å². The number of phenolic OH excluding ortho intramolecular Hbond substituents is 2. The first-order valence-electron chi connectivity index (χ1n) is 7.03. The number of carbonyl (C=O) groups is 1. The first kappa shape index (κ1) is 14.7. The average Bonchev–Trinajstić information content (AvgIpc) is 2.44. The molecule has 2 rings (SSSR count). The maximum absolute atomic E-state index is 12.5. The quantitative estimate of drug-likeness (QED) is 0.785. The molecule has 1 aliphatic carbocycles. The van der Waals surface area contributed by atoms with Crippen LogP contribution in [0.5, 0.6) is 11.5 Å². The molecule has 0 aliphatic heterocycles. The molecule has 20 heavy (non-hydrogen) atoms. The second-order valence-electron chi connectivity index (χ2n) is 5.50. The van der Waals surface area contributed by atoms with Crippen molar-refractivity contribution in [2.75, 3.05) is 13.6 Å². The van der Waals surface area contributed by atoms with Gasteiger partial charge in [-0.25, -0.2) is 0 Å². The lowest BCUT2D eigenvalue weighted by Crippen LogP contribution is -2.45. The van der Waals surface area contributed by atoms with Crippen molar-refractivity contribution in [3.05, 3.63) is 23.8 Å². The van der Waals surface area contributed by atoms with Crippen molar-refractivity contribution < 1.29 is 15.0 Å². The van der Waals surface area contributed by atoms with Crippen molar-refractivity contribution in [2.24, 2.45) is 11.7 Å². The van der Waals surface area contributed by atoms with E-state index < -0.39 is 0 Å². The third-order valence-corrected chi connectivity index (χ3v) is 4.14. The van der Waals surface area contributed by atoms with E-state index in [1.807, 2.05) is 0 Å². The minimum Gasteiger partial charge on any atom is -0.508 e. The van der Waals surface area contributed by atoms with Crippen molar-refractivity contribution in [3.8, 4) is 11.5 Å². The fourth-order valence-electron chi connectivity index (χ4n) is 3.05. The van der Waals surface area contributed by atoms with Crippen LogP contribution in [-0.2, 0) is 0 Å². The van der Waals surface area contributed by atoms with E-state index >= 15 is 0 Å². The van der Waals surface area contributed by atoms with E-state index in [4.69, 9.17) is 5.73 Å². The highest BCUT2D eigenvalue weighted by Gasteiger charge is 2.30. The molecule has 1 fully saturated rings. The number of amides is 1. The van der Waals surface area contributed by atoms with Gasteiger partial charge in [-0.3, -0.25) is 4.79 Å². The van der Waals surface area contributed by atoms with Gasteiger partial charge < -0.3 is 20.8 Å². The molecule has 0 heterocycles. The molecule has 0 aromatic heterocycles. The van der Waals surface area contributed by atoms with E-state index in [-0.39, 0.29) is 23.4 Å². The highest BCUT2D eigenvalue weighted by molar-refractivity contribution is 5.95. The van der Waals surface area contributed by atoms with Gasteiger partial charge in [-0.05, 0) is 37.4 Å². The van der Waals surface area contributed by atoms with Crippen molar-refractivity contribution >= 4 is 5.91 Å². The third-order valence-electron chi connectivity index (χ3n) is 4.14. The Kier molecular flexibility index (Phi) is 4.49. The normalized spacial score (nSPS) is 22.5. The summed E-state index contributed by atoms with van der Waals surface area (Å²) < 4.78 is 0. The van der Waals surface area contributed by atoms with Gasteiger partial charge in [0.2, 0.25) is 0 Å². The summed E-state index contributed by atoms with van der Waals surface area (Å²) in [6.07, 6.45) is 4.26. The predicted octanol–water partition coefficient (Wildman–Crippen LogP) is 1.69. The molecule has 5 nitrogen and oxygen atoms in total.